The SMILES string of the molecule is [O-]N1CC=CC(F)=C1N1CCNCC1. The molecule has 0 aromatic carbocycles. The van der Waals surface area contributed by atoms with Crippen molar-refractivity contribution in [2.45, 2.75) is 0 Å². The minimum absolute atomic E-state index is 0.189. The summed E-state index contributed by atoms with van der Waals surface area (Å²) < 4.78 is 13.4. The minimum atomic E-state index is -0.423. The Hall–Kier alpha value is -1.07. The van der Waals surface area contributed by atoms with Crippen molar-refractivity contribution in [3.8, 4) is 0 Å². The van der Waals surface area contributed by atoms with Gasteiger partial charge in [0.05, 0.1) is 0 Å². The molecule has 0 unspecified atom stereocenters. The van der Waals surface area contributed by atoms with Gasteiger partial charge in [0, 0.05) is 32.7 Å². The standard InChI is InChI=1S/C9H13FN3O/c10-8-2-1-5-13(14)9(8)12-6-3-11-4-7-12/h1-2,11H,3-7H2/q-1. The molecule has 1 N–H and O–H groups in total. The van der Waals surface area contributed by atoms with E-state index < -0.39 is 5.83 Å². The van der Waals surface area contributed by atoms with Crippen LogP contribution in [0.2, 0.25) is 0 Å². The summed E-state index contributed by atoms with van der Waals surface area (Å²) >= 11 is 0. The Morgan fingerprint density at radius 2 is 2.07 bits per heavy atom. The number of piperazine rings is 1. The van der Waals surface area contributed by atoms with Gasteiger partial charge in [-0.15, -0.1) is 0 Å². The van der Waals surface area contributed by atoms with E-state index in [9.17, 15) is 9.60 Å². The molecule has 2 heterocycles. The molecule has 0 aliphatic carbocycles. The third-order valence-electron chi connectivity index (χ3n) is 2.40. The summed E-state index contributed by atoms with van der Waals surface area (Å²) in [5, 5.41) is 15.3. The van der Waals surface area contributed by atoms with Gasteiger partial charge in [0.15, 0.2) is 5.83 Å². The molecule has 0 radical (unpaired) electrons. The van der Waals surface area contributed by atoms with Crippen LogP contribution in [0.1, 0.15) is 0 Å². The largest absolute Gasteiger partial charge is 0.757 e. The predicted octanol–water partition coefficient (Wildman–Crippen LogP) is 0.400. The van der Waals surface area contributed by atoms with Gasteiger partial charge in [0.25, 0.3) is 0 Å². The van der Waals surface area contributed by atoms with Crippen LogP contribution in [0.15, 0.2) is 23.8 Å². The maximum atomic E-state index is 13.4. The Morgan fingerprint density at radius 1 is 1.36 bits per heavy atom. The van der Waals surface area contributed by atoms with Crippen molar-refractivity contribution in [1.82, 2.24) is 15.3 Å². The highest BCUT2D eigenvalue weighted by molar-refractivity contribution is 5.23. The molecule has 5 heteroatoms. The Balaban J connectivity index is 2.16. The lowest BCUT2D eigenvalue weighted by Gasteiger charge is -2.42. The van der Waals surface area contributed by atoms with Crippen LogP contribution in [0, 0.1) is 5.21 Å². The zero-order chi connectivity index (χ0) is 9.97. The van der Waals surface area contributed by atoms with Crippen LogP contribution in [0.5, 0.6) is 0 Å². The smallest absolute Gasteiger partial charge is 0.162 e. The van der Waals surface area contributed by atoms with E-state index in [0.29, 0.717) is 18.2 Å². The van der Waals surface area contributed by atoms with Gasteiger partial charge in [-0.05, 0) is 6.08 Å². The summed E-state index contributed by atoms with van der Waals surface area (Å²) in [5.74, 6) is -0.234. The van der Waals surface area contributed by atoms with Crippen LogP contribution in [-0.4, -0.2) is 42.7 Å². The van der Waals surface area contributed by atoms with E-state index >= 15 is 0 Å². The second-order valence-corrected chi connectivity index (χ2v) is 3.37. The van der Waals surface area contributed by atoms with E-state index in [1.165, 1.54) is 12.2 Å². The Labute approximate surface area is 82.3 Å². The molecule has 0 atom stereocenters. The van der Waals surface area contributed by atoms with Crippen molar-refractivity contribution in [3.63, 3.8) is 0 Å². The summed E-state index contributed by atoms with van der Waals surface area (Å²) in [5.41, 5.74) is 0. The summed E-state index contributed by atoms with van der Waals surface area (Å²) in [6.07, 6.45) is 2.90. The molecular weight excluding hydrogens is 185 g/mol. The highest BCUT2D eigenvalue weighted by Gasteiger charge is 2.19. The number of halogens is 1. The molecule has 4 nitrogen and oxygen atoms in total. The summed E-state index contributed by atoms with van der Waals surface area (Å²) in [6.45, 7) is 3.22. The zero-order valence-electron chi connectivity index (χ0n) is 7.87. The molecule has 0 saturated carbocycles. The van der Waals surface area contributed by atoms with E-state index in [1.807, 2.05) is 0 Å². The number of nitrogens with one attached hydrogen (secondary N) is 1. The molecule has 1 saturated heterocycles. The van der Waals surface area contributed by atoms with Crippen LogP contribution >= 0.6 is 0 Å². The first kappa shape index (κ1) is 9.48. The molecule has 0 bridgehead atoms. The van der Waals surface area contributed by atoms with Crippen LogP contribution in [0.3, 0.4) is 0 Å². The van der Waals surface area contributed by atoms with E-state index in [0.717, 1.165) is 13.1 Å². The highest BCUT2D eigenvalue weighted by Crippen LogP contribution is 2.21. The van der Waals surface area contributed by atoms with Crippen molar-refractivity contribution in [2.24, 2.45) is 0 Å². The molecule has 2 aliphatic rings. The Morgan fingerprint density at radius 3 is 2.71 bits per heavy atom. The van der Waals surface area contributed by atoms with Crippen LogP contribution in [0.4, 0.5) is 4.39 Å². The number of rotatable bonds is 1. The van der Waals surface area contributed by atoms with Crippen molar-refractivity contribution in [2.75, 3.05) is 32.7 Å². The van der Waals surface area contributed by atoms with Crippen molar-refractivity contribution < 1.29 is 4.39 Å². The lowest BCUT2D eigenvalue weighted by atomic mass is 10.3. The molecule has 0 aromatic rings. The summed E-state index contributed by atoms with van der Waals surface area (Å²) in [6, 6.07) is 0. The second kappa shape index (κ2) is 3.98. The normalized spacial score (nSPS) is 23.3. The highest BCUT2D eigenvalue weighted by atomic mass is 19.1. The average molecular weight is 198 g/mol. The van der Waals surface area contributed by atoms with Gasteiger partial charge in [-0.2, -0.15) is 0 Å². The number of allylic oxidation sites excluding steroid dienone is 2. The molecule has 2 aliphatic heterocycles. The monoisotopic (exact) mass is 198 g/mol. The first-order valence-corrected chi connectivity index (χ1v) is 4.75. The van der Waals surface area contributed by atoms with E-state index in [2.05, 4.69) is 5.32 Å². The van der Waals surface area contributed by atoms with Gasteiger partial charge in [0.2, 0.25) is 0 Å². The fraction of sp³-hybridized carbons (Fsp3) is 0.556. The third kappa shape index (κ3) is 1.73. The molecule has 0 aromatic heterocycles. The molecular formula is C9H13FN3O-. The van der Waals surface area contributed by atoms with E-state index in [1.54, 1.807) is 4.90 Å². The first-order chi connectivity index (χ1) is 6.79. The van der Waals surface area contributed by atoms with Gasteiger partial charge in [-0.3, -0.25) is 0 Å². The van der Waals surface area contributed by atoms with E-state index in [-0.39, 0.29) is 12.4 Å². The third-order valence-corrected chi connectivity index (χ3v) is 2.40. The molecule has 0 spiro atoms. The Bertz CT molecular complexity index is 271. The molecule has 14 heavy (non-hydrogen) atoms. The molecule has 2 rings (SSSR count). The second-order valence-electron chi connectivity index (χ2n) is 3.37. The number of hydroxylamine groups is 2. The fourth-order valence-electron chi connectivity index (χ4n) is 1.72. The Kier molecular flexibility index (Phi) is 2.69. The number of nitrogens with zero attached hydrogens (tertiary/aromatic N) is 2. The summed E-state index contributed by atoms with van der Waals surface area (Å²) in [7, 11) is 0. The molecule has 0 amide bonds. The van der Waals surface area contributed by atoms with Crippen LogP contribution < -0.4 is 5.32 Å². The zero-order valence-corrected chi connectivity index (χ0v) is 7.87. The topological polar surface area (TPSA) is 41.6 Å². The predicted molar refractivity (Wildman–Crippen MR) is 51.8 cm³/mol. The van der Waals surface area contributed by atoms with Crippen LogP contribution in [0.25, 0.3) is 0 Å². The van der Waals surface area contributed by atoms with Gasteiger partial charge >= 0.3 is 0 Å². The quantitative estimate of drug-likeness (QED) is 0.662. The van der Waals surface area contributed by atoms with Gasteiger partial charge in [-0.1, -0.05) is 6.08 Å². The number of hydrogen-bond acceptors (Lipinski definition) is 4. The molecule has 78 valence electrons. The summed E-state index contributed by atoms with van der Waals surface area (Å²) in [4.78, 5) is 1.79. The average Bonchev–Trinajstić information content (AvgIpc) is 2.19. The van der Waals surface area contributed by atoms with E-state index in [4.69, 9.17) is 0 Å². The lowest BCUT2D eigenvalue weighted by Crippen LogP contribution is -2.46. The maximum absolute atomic E-state index is 13.4. The fourth-order valence-corrected chi connectivity index (χ4v) is 1.72. The van der Waals surface area contributed by atoms with Crippen LogP contribution in [-0.2, 0) is 0 Å². The number of hydrogen-bond donors (Lipinski definition) is 1. The minimum Gasteiger partial charge on any atom is -0.757 e. The van der Waals surface area contributed by atoms with Gasteiger partial charge in [-0.25, -0.2) is 4.39 Å². The molecule has 1 fully saturated rings. The van der Waals surface area contributed by atoms with Gasteiger partial charge in [0.1, 0.15) is 5.82 Å². The van der Waals surface area contributed by atoms with Crippen molar-refractivity contribution in [1.29, 1.82) is 0 Å². The van der Waals surface area contributed by atoms with Gasteiger partial charge < -0.3 is 20.5 Å². The van der Waals surface area contributed by atoms with Crippen molar-refractivity contribution in [3.05, 3.63) is 29.0 Å². The lowest BCUT2D eigenvalue weighted by molar-refractivity contribution is 0.221. The first-order valence-electron chi connectivity index (χ1n) is 4.75. The van der Waals surface area contributed by atoms with Crippen molar-refractivity contribution >= 4 is 0 Å². The maximum Gasteiger partial charge on any atom is 0.162 e.